The molecule has 0 saturated carbocycles. The van der Waals surface area contributed by atoms with Crippen LogP contribution >= 0.6 is 0 Å². The van der Waals surface area contributed by atoms with Gasteiger partial charge in [-0.15, -0.1) is 0 Å². The molecule has 2 aromatic rings. The van der Waals surface area contributed by atoms with E-state index < -0.39 is 17.8 Å². The molecule has 1 aliphatic heterocycles. The van der Waals surface area contributed by atoms with Gasteiger partial charge >= 0.3 is 12.2 Å². The van der Waals surface area contributed by atoms with Crippen molar-refractivity contribution in [3.05, 3.63) is 54.1 Å². The molecule has 1 saturated heterocycles. The van der Waals surface area contributed by atoms with Crippen molar-refractivity contribution in [2.45, 2.75) is 6.18 Å². The van der Waals surface area contributed by atoms with Crippen molar-refractivity contribution in [2.24, 2.45) is 0 Å². The molecule has 0 atom stereocenters. The van der Waals surface area contributed by atoms with Gasteiger partial charge < -0.3 is 19.9 Å². The number of halogens is 3. The third-order valence-electron chi connectivity index (χ3n) is 4.47. The first-order chi connectivity index (χ1) is 12.9. The maximum absolute atomic E-state index is 13.1. The number of alkyl halides is 3. The highest BCUT2D eigenvalue weighted by Crippen LogP contribution is 2.34. The van der Waals surface area contributed by atoms with Crippen molar-refractivity contribution in [1.29, 1.82) is 0 Å². The van der Waals surface area contributed by atoms with Crippen LogP contribution in [0.3, 0.4) is 0 Å². The van der Waals surface area contributed by atoms with Crippen molar-refractivity contribution in [1.82, 2.24) is 4.90 Å². The number of carbonyl (C=O) groups excluding carboxylic acids is 1. The molecule has 5 nitrogen and oxygen atoms in total. The quantitative estimate of drug-likeness (QED) is 0.875. The van der Waals surface area contributed by atoms with Crippen molar-refractivity contribution < 1.29 is 22.7 Å². The van der Waals surface area contributed by atoms with Crippen LogP contribution in [0.1, 0.15) is 5.56 Å². The van der Waals surface area contributed by atoms with Crippen LogP contribution in [0.2, 0.25) is 0 Å². The van der Waals surface area contributed by atoms with E-state index in [-0.39, 0.29) is 5.69 Å². The van der Waals surface area contributed by atoms with Gasteiger partial charge in [-0.2, -0.15) is 13.2 Å². The third-order valence-corrected chi connectivity index (χ3v) is 4.47. The van der Waals surface area contributed by atoms with E-state index in [2.05, 4.69) is 10.2 Å². The number of nitrogens with zero attached hydrogens (tertiary/aromatic N) is 2. The van der Waals surface area contributed by atoms with E-state index >= 15 is 0 Å². The lowest BCUT2D eigenvalue weighted by molar-refractivity contribution is -0.136. The summed E-state index contributed by atoms with van der Waals surface area (Å²) in [6.07, 6.45) is -4.52. The summed E-state index contributed by atoms with van der Waals surface area (Å²) >= 11 is 0. The molecule has 1 aliphatic rings. The van der Waals surface area contributed by atoms with Crippen LogP contribution in [-0.4, -0.2) is 44.2 Å². The van der Waals surface area contributed by atoms with Gasteiger partial charge in [0.2, 0.25) is 0 Å². The molecule has 2 aromatic carbocycles. The molecular weight excluding hydrogens is 359 g/mol. The molecule has 1 fully saturated rings. The normalized spacial score (nSPS) is 14.8. The summed E-state index contributed by atoms with van der Waals surface area (Å²) in [7, 11) is 1.60. The van der Waals surface area contributed by atoms with Crippen molar-refractivity contribution >= 4 is 17.4 Å². The molecule has 27 heavy (non-hydrogen) atoms. The maximum atomic E-state index is 13.1. The molecule has 0 radical (unpaired) electrons. The van der Waals surface area contributed by atoms with E-state index in [1.165, 1.54) is 23.1 Å². The van der Waals surface area contributed by atoms with Crippen molar-refractivity contribution in [3.63, 3.8) is 0 Å². The van der Waals surface area contributed by atoms with E-state index in [0.29, 0.717) is 26.2 Å². The average Bonchev–Trinajstić information content (AvgIpc) is 2.67. The van der Waals surface area contributed by atoms with Gasteiger partial charge in [-0.1, -0.05) is 24.3 Å². The number of piperazine rings is 1. The average molecular weight is 379 g/mol. The second-order valence-electron chi connectivity index (χ2n) is 6.12. The number of amides is 2. The largest absolute Gasteiger partial charge is 0.495 e. The van der Waals surface area contributed by atoms with Crippen LogP contribution in [0.25, 0.3) is 0 Å². The summed E-state index contributed by atoms with van der Waals surface area (Å²) in [6.45, 7) is 1.93. The zero-order valence-electron chi connectivity index (χ0n) is 14.8. The summed E-state index contributed by atoms with van der Waals surface area (Å²) < 4.78 is 44.6. The van der Waals surface area contributed by atoms with Gasteiger partial charge in [0.15, 0.2) is 0 Å². The number of carbonyl (C=O) groups is 1. The summed E-state index contributed by atoms with van der Waals surface area (Å²) in [5, 5.41) is 2.39. The van der Waals surface area contributed by atoms with Crippen molar-refractivity contribution in [3.8, 4) is 5.75 Å². The van der Waals surface area contributed by atoms with E-state index in [1.54, 1.807) is 7.11 Å². The molecule has 8 heteroatoms. The number of hydrogen-bond acceptors (Lipinski definition) is 3. The fraction of sp³-hybridized carbons (Fsp3) is 0.316. The third kappa shape index (κ3) is 4.27. The van der Waals surface area contributed by atoms with E-state index in [9.17, 15) is 18.0 Å². The Morgan fingerprint density at radius 2 is 1.63 bits per heavy atom. The number of para-hydroxylation sites is 3. The molecule has 144 valence electrons. The maximum Gasteiger partial charge on any atom is 0.418 e. The summed E-state index contributed by atoms with van der Waals surface area (Å²) in [4.78, 5) is 16.0. The van der Waals surface area contributed by atoms with Gasteiger partial charge in [0.25, 0.3) is 0 Å². The molecule has 0 aliphatic carbocycles. The van der Waals surface area contributed by atoms with Crippen molar-refractivity contribution in [2.75, 3.05) is 43.5 Å². The number of nitrogens with one attached hydrogen (secondary N) is 1. The first-order valence-electron chi connectivity index (χ1n) is 8.50. The van der Waals surface area contributed by atoms with Gasteiger partial charge in [-0.05, 0) is 24.3 Å². The van der Waals surface area contributed by atoms with E-state index in [4.69, 9.17) is 4.74 Å². The molecule has 1 N–H and O–H groups in total. The van der Waals surface area contributed by atoms with Gasteiger partial charge in [-0.3, -0.25) is 0 Å². The molecular formula is C19H20F3N3O2. The lowest BCUT2D eigenvalue weighted by atomic mass is 10.1. The minimum Gasteiger partial charge on any atom is -0.495 e. The Morgan fingerprint density at radius 1 is 1.00 bits per heavy atom. The number of urea groups is 1. The van der Waals surface area contributed by atoms with E-state index in [0.717, 1.165) is 17.5 Å². The van der Waals surface area contributed by atoms with Gasteiger partial charge in [0.05, 0.1) is 24.0 Å². The lowest BCUT2D eigenvalue weighted by Crippen LogP contribution is -2.50. The number of anilines is 2. The Labute approximate surface area is 155 Å². The lowest BCUT2D eigenvalue weighted by Gasteiger charge is -2.36. The fourth-order valence-electron chi connectivity index (χ4n) is 3.08. The zero-order chi connectivity index (χ0) is 19.4. The topological polar surface area (TPSA) is 44.8 Å². The number of hydrogen-bond donors (Lipinski definition) is 1. The zero-order valence-corrected chi connectivity index (χ0v) is 14.8. The predicted octanol–water partition coefficient (Wildman–Crippen LogP) is 4.07. The molecule has 1 heterocycles. The Hall–Kier alpha value is -2.90. The van der Waals surface area contributed by atoms with E-state index in [1.807, 2.05) is 24.3 Å². The molecule has 0 spiro atoms. The Balaban J connectivity index is 1.64. The monoisotopic (exact) mass is 379 g/mol. The van der Waals surface area contributed by atoms with Crippen LogP contribution in [0.5, 0.6) is 5.75 Å². The number of methoxy groups -OCH3 is 1. The van der Waals surface area contributed by atoms with Crippen LogP contribution in [0.4, 0.5) is 29.3 Å². The number of benzene rings is 2. The molecule has 0 bridgehead atoms. The molecule has 0 aromatic heterocycles. The summed E-state index contributed by atoms with van der Waals surface area (Å²) in [6, 6.07) is 12.0. The number of rotatable bonds is 3. The van der Waals surface area contributed by atoms with Gasteiger partial charge in [0.1, 0.15) is 5.75 Å². The van der Waals surface area contributed by atoms with Crippen LogP contribution in [0, 0.1) is 0 Å². The Morgan fingerprint density at radius 3 is 2.30 bits per heavy atom. The Bertz CT molecular complexity index is 803. The van der Waals surface area contributed by atoms with Gasteiger partial charge in [0, 0.05) is 26.2 Å². The SMILES string of the molecule is COc1ccccc1N1CCN(C(=O)Nc2ccccc2C(F)(F)F)CC1. The molecule has 0 unspecified atom stereocenters. The highest BCUT2D eigenvalue weighted by Gasteiger charge is 2.34. The van der Waals surface area contributed by atoms with Crippen LogP contribution in [0.15, 0.2) is 48.5 Å². The summed E-state index contributed by atoms with van der Waals surface area (Å²) in [5.41, 5.74) is -0.157. The standard InChI is InChI=1S/C19H20F3N3O2/c1-27-17-9-5-4-8-16(17)24-10-12-25(13-11-24)18(26)23-15-7-3-2-6-14(15)19(20,21)22/h2-9H,10-13H2,1H3,(H,23,26). The minimum absolute atomic E-state index is 0.234. The Kier molecular flexibility index (Phi) is 5.43. The second kappa shape index (κ2) is 7.77. The minimum atomic E-state index is -4.52. The van der Waals surface area contributed by atoms with Crippen LogP contribution in [-0.2, 0) is 6.18 Å². The fourth-order valence-corrected chi connectivity index (χ4v) is 3.08. The number of ether oxygens (including phenoxy) is 1. The first kappa shape index (κ1) is 18.9. The summed E-state index contributed by atoms with van der Waals surface area (Å²) in [5.74, 6) is 0.745. The first-order valence-corrected chi connectivity index (χ1v) is 8.50. The highest BCUT2D eigenvalue weighted by molar-refractivity contribution is 5.90. The van der Waals surface area contributed by atoms with Crippen LogP contribution < -0.4 is 15.0 Å². The highest BCUT2D eigenvalue weighted by atomic mass is 19.4. The molecule has 2 amide bonds. The predicted molar refractivity (Wildman–Crippen MR) is 97.2 cm³/mol. The molecule has 3 rings (SSSR count). The van der Waals surface area contributed by atoms with Gasteiger partial charge in [-0.25, -0.2) is 4.79 Å². The smallest absolute Gasteiger partial charge is 0.418 e. The second-order valence-corrected chi connectivity index (χ2v) is 6.12.